The minimum atomic E-state index is 0.938. The second-order valence-electron chi connectivity index (χ2n) is 10.1. The summed E-state index contributed by atoms with van der Waals surface area (Å²) in [7, 11) is 0. The molecular formula is C36H20O. The van der Waals surface area contributed by atoms with Crippen LogP contribution in [0.4, 0.5) is 0 Å². The Balaban J connectivity index is 1.41. The van der Waals surface area contributed by atoms with Gasteiger partial charge in [-0.15, -0.1) is 0 Å². The van der Waals surface area contributed by atoms with Crippen LogP contribution < -0.4 is 4.74 Å². The van der Waals surface area contributed by atoms with E-state index >= 15 is 0 Å². The molecule has 1 heteroatoms. The van der Waals surface area contributed by atoms with Crippen molar-refractivity contribution in [2.24, 2.45) is 0 Å². The molecule has 0 saturated carbocycles. The summed E-state index contributed by atoms with van der Waals surface area (Å²) in [5.74, 6) is 1.88. The summed E-state index contributed by atoms with van der Waals surface area (Å²) >= 11 is 0. The van der Waals surface area contributed by atoms with E-state index in [4.69, 9.17) is 4.74 Å². The zero-order chi connectivity index (χ0) is 24.1. The highest BCUT2D eigenvalue weighted by Gasteiger charge is 2.21. The summed E-state index contributed by atoms with van der Waals surface area (Å²) in [6.45, 7) is 0. The maximum atomic E-state index is 6.45. The van der Waals surface area contributed by atoms with Crippen LogP contribution in [0.5, 0.6) is 11.5 Å². The van der Waals surface area contributed by atoms with E-state index in [1.54, 1.807) is 0 Å². The van der Waals surface area contributed by atoms with Gasteiger partial charge in [-0.25, -0.2) is 0 Å². The molecule has 1 aliphatic heterocycles. The number of rotatable bonds is 1. The third-order valence-electron chi connectivity index (χ3n) is 8.20. The van der Waals surface area contributed by atoms with Gasteiger partial charge < -0.3 is 4.74 Å². The van der Waals surface area contributed by atoms with Crippen molar-refractivity contribution >= 4 is 64.6 Å². The van der Waals surface area contributed by atoms with Crippen LogP contribution in [-0.2, 0) is 0 Å². The van der Waals surface area contributed by atoms with Gasteiger partial charge in [0.25, 0.3) is 0 Å². The largest absolute Gasteiger partial charge is 0.456 e. The molecule has 0 aromatic heterocycles. The Kier molecular flexibility index (Phi) is 3.59. The fraction of sp³-hybridized carbons (Fsp3) is 0. The third kappa shape index (κ3) is 2.48. The number of fused-ring (bicyclic) bond motifs is 6. The normalized spacial score (nSPS) is 12.5. The Hall–Kier alpha value is -4.88. The molecule has 0 spiro atoms. The van der Waals surface area contributed by atoms with E-state index < -0.39 is 0 Å². The average Bonchev–Trinajstić information content (AvgIpc) is 2.97. The molecule has 0 unspecified atom stereocenters. The Morgan fingerprint density at radius 3 is 1.70 bits per heavy atom. The molecule has 0 saturated heterocycles. The third-order valence-corrected chi connectivity index (χ3v) is 8.20. The molecule has 0 atom stereocenters. The van der Waals surface area contributed by atoms with E-state index in [2.05, 4.69) is 121 Å². The van der Waals surface area contributed by atoms with Crippen molar-refractivity contribution in [3.63, 3.8) is 0 Å². The molecule has 0 radical (unpaired) electrons. The Morgan fingerprint density at radius 1 is 0.351 bits per heavy atom. The number of hydrogen-bond donors (Lipinski definition) is 0. The standard InChI is InChI=1S/C36H20O/c1-2-9-27-25(7-1)26-8-3-4-10-28(26)31-20-23(15-16-29(27)31)24-18-19-33-36-30(24)17-14-22-13-12-21-6-5-11-32(37-33)34(21)35(22)36/h1-20H. The summed E-state index contributed by atoms with van der Waals surface area (Å²) in [4.78, 5) is 0. The van der Waals surface area contributed by atoms with Gasteiger partial charge in [0.05, 0.1) is 0 Å². The molecule has 1 nitrogen and oxygen atoms in total. The molecule has 0 N–H and O–H groups in total. The maximum Gasteiger partial charge on any atom is 0.135 e. The van der Waals surface area contributed by atoms with E-state index in [1.807, 2.05) is 0 Å². The zero-order valence-electron chi connectivity index (χ0n) is 20.0. The molecule has 170 valence electrons. The smallest absolute Gasteiger partial charge is 0.135 e. The first kappa shape index (κ1) is 19.3. The van der Waals surface area contributed by atoms with E-state index in [0.29, 0.717) is 0 Å². The van der Waals surface area contributed by atoms with E-state index in [-0.39, 0.29) is 0 Å². The fourth-order valence-electron chi connectivity index (χ4n) is 6.59. The predicted molar refractivity (Wildman–Crippen MR) is 157 cm³/mol. The first-order chi connectivity index (χ1) is 18.3. The average molecular weight is 469 g/mol. The summed E-state index contributed by atoms with van der Waals surface area (Å²) in [5, 5.41) is 15.2. The molecule has 37 heavy (non-hydrogen) atoms. The molecule has 8 aromatic rings. The van der Waals surface area contributed by atoms with E-state index in [9.17, 15) is 0 Å². The second kappa shape index (κ2) is 6.87. The van der Waals surface area contributed by atoms with Crippen molar-refractivity contribution in [3.8, 4) is 22.6 Å². The highest BCUT2D eigenvalue weighted by molar-refractivity contribution is 6.28. The maximum absolute atomic E-state index is 6.45. The zero-order valence-corrected chi connectivity index (χ0v) is 20.0. The van der Waals surface area contributed by atoms with Crippen LogP contribution in [0.2, 0.25) is 0 Å². The van der Waals surface area contributed by atoms with Crippen molar-refractivity contribution in [2.75, 3.05) is 0 Å². The molecule has 1 heterocycles. The first-order valence-electron chi connectivity index (χ1n) is 12.8. The van der Waals surface area contributed by atoms with Crippen LogP contribution in [0.1, 0.15) is 0 Å². The van der Waals surface area contributed by atoms with Gasteiger partial charge in [-0.1, -0.05) is 103 Å². The van der Waals surface area contributed by atoms with Crippen LogP contribution in [0.3, 0.4) is 0 Å². The topological polar surface area (TPSA) is 9.23 Å². The molecule has 9 rings (SSSR count). The summed E-state index contributed by atoms with van der Waals surface area (Å²) in [5.41, 5.74) is 2.46. The van der Waals surface area contributed by atoms with Crippen molar-refractivity contribution in [1.29, 1.82) is 0 Å². The van der Waals surface area contributed by atoms with Crippen LogP contribution in [0, 0.1) is 0 Å². The molecule has 8 aromatic carbocycles. The predicted octanol–water partition coefficient (Wildman–Crippen LogP) is 10.4. The summed E-state index contributed by atoms with van der Waals surface area (Å²) in [6.07, 6.45) is 0. The quantitative estimate of drug-likeness (QED) is 0.218. The highest BCUT2D eigenvalue weighted by Crippen LogP contribution is 2.49. The van der Waals surface area contributed by atoms with Gasteiger partial charge in [-0.2, -0.15) is 0 Å². The van der Waals surface area contributed by atoms with Crippen molar-refractivity contribution < 1.29 is 4.74 Å². The molecule has 0 aliphatic carbocycles. The number of hydrogen-bond acceptors (Lipinski definition) is 1. The van der Waals surface area contributed by atoms with Gasteiger partial charge in [0.15, 0.2) is 0 Å². The van der Waals surface area contributed by atoms with Gasteiger partial charge >= 0.3 is 0 Å². The van der Waals surface area contributed by atoms with Crippen LogP contribution in [-0.4, -0.2) is 0 Å². The van der Waals surface area contributed by atoms with Crippen LogP contribution in [0.25, 0.3) is 75.8 Å². The molecule has 0 bridgehead atoms. The SMILES string of the molecule is c1cc2c3c(c1)ccc1ccc4c(-c5ccc6c7ccccc7c7ccccc7c6c5)ccc(c4c13)O2. The van der Waals surface area contributed by atoms with Gasteiger partial charge in [0.2, 0.25) is 0 Å². The van der Waals surface area contributed by atoms with Gasteiger partial charge in [-0.05, 0) is 77.8 Å². The first-order valence-corrected chi connectivity index (χ1v) is 12.8. The lowest BCUT2D eigenvalue weighted by atomic mass is 9.88. The summed E-state index contributed by atoms with van der Waals surface area (Å²) < 4.78 is 6.45. The monoisotopic (exact) mass is 468 g/mol. The van der Waals surface area contributed by atoms with Gasteiger partial charge in [-0.3, -0.25) is 0 Å². The van der Waals surface area contributed by atoms with Crippen molar-refractivity contribution in [1.82, 2.24) is 0 Å². The Bertz CT molecular complexity index is 2240. The molecular weight excluding hydrogens is 448 g/mol. The van der Waals surface area contributed by atoms with Crippen LogP contribution >= 0.6 is 0 Å². The Morgan fingerprint density at radius 2 is 0.946 bits per heavy atom. The minimum absolute atomic E-state index is 0.938. The van der Waals surface area contributed by atoms with Crippen molar-refractivity contribution in [2.45, 2.75) is 0 Å². The lowest BCUT2D eigenvalue weighted by Gasteiger charge is -2.22. The minimum Gasteiger partial charge on any atom is -0.456 e. The van der Waals surface area contributed by atoms with Gasteiger partial charge in [0, 0.05) is 16.2 Å². The van der Waals surface area contributed by atoms with E-state index in [0.717, 1.165) is 11.5 Å². The van der Waals surface area contributed by atoms with E-state index in [1.165, 1.54) is 75.8 Å². The lowest BCUT2D eigenvalue weighted by Crippen LogP contribution is -1.96. The number of benzene rings is 8. The van der Waals surface area contributed by atoms with Gasteiger partial charge in [0.1, 0.15) is 11.5 Å². The fourth-order valence-corrected chi connectivity index (χ4v) is 6.59. The molecule has 1 aliphatic rings. The van der Waals surface area contributed by atoms with Crippen molar-refractivity contribution in [3.05, 3.63) is 121 Å². The number of ether oxygens (including phenoxy) is 1. The second-order valence-corrected chi connectivity index (χ2v) is 10.1. The summed E-state index contributed by atoms with van der Waals surface area (Å²) in [6, 6.07) is 44.1. The molecule has 0 amide bonds. The Labute approximate surface area is 213 Å². The molecule has 0 fully saturated rings. The van der Waals surface area contributed by atoms with Crippen LogP contribution in [0.15, 0.2) is 121 Å². The lowest BCUT2D eigenvalue weighted by molar-refractivity contribution is 0.493. The highest BCUT2D eigenvalue weighted by atomic mass is 16.5.